The van der Waals surface area contributed by atoms with Crippen molar-refractivity contribution in [2.24, 2.45) is 0 Å². The Morgan fingerprint density at radius 1 is 1.32 bits per heavy atom. The van der Waals surface area contributed by atoms with Crippen molar-refractivity contribution < 1.29 is 9.50 Å². The maximum atomic E-state index is 13.9. The number of aromatic nitrogens is 1. The van der Waals surface area contributed by atoms with Gasteiger partial charge in [0, 0.05) is 24.4 Å². The zero-order chi connectivity index (χ0) is 13.9. The Labute approximate surface area is 116 Å². The molecule has 100 valence electrons. The Morgan fingerprint density at radius 2 is 2.05 bits per heavy atom. The third-order valence-corrected chi connectivity index (χ3v) is 3.64. The minimum atomic E-state index is -1.27. The summed E-state index contributed by atoms with van der Waals surface area (Å²) in [5.74, 6) is -0.406. The van der Waals surface area contributed by atoms with Crippen molar-refractivity contribution in [1.82, 2.24) is 4.98 Å². The second-order valence-corrected chi connectivity index (χ2v) is 4.92. The average Bonchev–Trinajstić information content (AvgIpc) is 2.42. The molecule has 0 saturated carbocycles. The SMILES string of the molecule is CCC(O)(Cc1ccncc1Cl)c1ccccc1F. The highest BCUT2D eigenvalue weighted by molar-refractivity contribution is 6.31. The molecule has 0 spiro atoms. The Kier molecular flexibility index (Phi) is 4.17. The van der Waals surface area contributed by atoms with Crippen LogP contribution in [0.3, 0.4) is 0 Å². The van der Waals surface area contributed by atoms with E-state index in [1.165, 1.54) is 12.3 Å². The van der Waals surface area contributed by atoms with Crippen molar-refractivity contribution in [1.29, 1.82) is 0 Å². The van der Waals surface area contributed by atoms with Gasteiger partial charge < -0.3 is 5.11 Å². The lowest BCUT2D eigenvalue weighted by Crippen LogP contribution is -2.29. The van der Waals surface area contributed by atoms with Crippen LogP contribution in [0.2, 0.25) is 5.02 Å². The first kappa shape index (κ1) is 14.0. The molecule has 1 heterocycles. The molecule has 0 fully saturated rings. The summed E-state index contributed by atoms with van der Waals surface area (Å²) in [6, 6.07) is 8.02. The van der Waals surface area contributed by atoms with E-state index in [-0.39, 0.29) is 6.42 Å². The van der Waals surface area contributed by atoms with Crippen LogP contribution in [0.15, 0.2) is 42.7 Å². The van der Waals surface area contributed by atoms with Gasteiger partial charge in [-0.2, -0.15) is 0 Å². The summed E-state index contributed by atoms with van der Waals surface area (Å²) in [6.45, 7) is 1.82. The van der Waals surface area contributed by atoms with Gasteiger partial charge in [0.2, 0.25) is 0 Å². The van der Waals surface area contributed by atoms with E-state index in [0.717, 1.165) is 5.56 Å². The Bertz CT molecular complexity index is 576. The van der Waals surface area contributed by atoms with Crippen LogP contribution in [-0.2, 0) is 12.0 Å². The van der Waals surface area contributed by atoms with Gasteiger partial charge in [0.1, 0.15) is 5.82 Å². The summed E-state index contributed by atoms with van der Waals surface area (Å²) in [6.07, 6.45) is 3.78. The Balaban J connectivity index is 2.39. The first-order valence-corrected chi connectivity index (χ1v) is 6.50. The molecule has 0 aliphatic rings. The molecule has 1 N–H and O–H groups in total. The second-order valence-electron chi connectivity index (χ2n) is 4.51. The van der Waals surface area contributed by atoms with Gasteiger partial charge in [-0.15, -0.1) is 0 Å². The third-order valence-electron chi connectivity index (χ3n) is 3.30. The number of hydrogen-bond acceptors (Lipinski definition) is 2. The zero-order valence-corrected chi connectivity index (χ0v) is 11.4. The van der Waals surface area contributed by atoms with Gasteiger partial charge in [-0.3, -0.25) is 4.98 Å². The summed E-state index contributed by atoms with van der Waals surface area (Å²) < 4.78 is 13.9. The fourth-order valence-electron chi connectivity index (χ4n) is 2.11. The number of halogens is 2. The molecular weight excluding hydrogens is 265 g/mol. The van der Waals surface area contributed by atoms with Crippen molar-refractivity contribution >= 4 is 11.6 Å². The molecule has 0 aliphatic carbocycles. The monoisotopic (exact) mass is 279 g/mol. The van der Waals surface area contributed by atoms with E-state index in [4.69, 9.17) is 11.6 Å². The van der Waals surface area contributed by atoms with Crippen LogP contribution < -0.4 is 0 Å². The lowest BCUT2D eigenvalue weighted by molar-refractivity contribution is 0.0292. The zero-order valence-electron chi connectivity index (χ0n) is 10.6. The summed E-state index contributed by atoms with van der Waals surface area (Å²) >= 11 is 6.05. The summed E-state index contributed by atoms with van der Waals surface area (Å²) in [5.41, 5.74) is -0.217. The highest BCUT2D eigenvalue weighted by Crippen LogP contribution is 2.32. The number of rotatable bonds is 4. The smallest absolute Gasteiger partial charge is 0.129 e. The van der Waals surface area contributed by atoms with Gasteiger partial charge in [-0.25, -0.2) is 4.39 Å². The van der Waals surface area contributed by atoms with Crippen molar-refractivity contribution in [2.45, 2.75) is 25.4 Å². The predicted octanol–water partition coefficient (Wildman–Crippen LogP) is 3.71. The lowest BCUT2D eigenvalue weighted by atomic mass is 9.85. The van der Waals surface area contributed by atoms with E-state index in [1.54, 1.807) is 30.5 Å². The first-order chi connectivity index (χ1) is 9.07. The van der Waals surface area contributed by atoms with Crippen molar-refractivity contribution in [2.75, 3.05) is 0 Å². The van der Waals surface area contributed by atoms with Gasteiger partial charge in [-0.1, -0.05) is 36.7 Å². The minimum absolute atomic E-state index is 0.256. The maximum Gasteiger partial charge on any atom is 0.129 e. The van der Waals surface area contributed by atoms with E-state index in [0.29, 0.717) is 17.0 Å². The van der Waals surface area contributed by atoms with Gasteiger partial charge in [0.15, 0.2) is 0 Å². The van der Waals surface area contributed by atoms with E-state index in [2.05, 4.69) is 4.98 Å². The summed E-state index contributed by atoms with van der Waals surface area (Å²) in [7, 11) is 0. The standard InChI is InChI=1S/C15H15ClFNO/c1-2-15(19,12-5-3-4-6-14(12)17)9-11-7-8-18-10-13(11)16/h3-8,10,19H,2,9H2,1H3. The van der Waals surface area contributed by atoms with Gasteiger partial charge in [0.25, 0.3) is 0 Å². The van der Waals surface area contributed by atoms with Gasteiger partial charge >= 0.3 is 0 Å². The van der Waals surface area contributed by atoms with E-state index in [9.17, 15) is 9.50 Å². The molecule has 2 aromatic rings. The molecule has 0 saturated heterocycles. The number of benzene rings is 1. The predicted molar refractivity (Wildman–Crippen MR) is 73.5 cm³/mol. The van der Waals surface area contributed by atoms with Crippen LogP contribution in [-0.4, -0.2) is 10.1 Å². The van der Waals surface area contributed by atoms with Gasteiger partial charge in [-0.05, 0) is 24.1 Å². The molecule has 0 bridgehead atoms. The average molecular weight is 280 g/mol. The van der Waals surface area contributed by atoms with Crippen LogP contribution in [0, 0.1) is 5.82 Å². The topological polar surface area (TPSA) is 33.1 Å². The van der Waals surface area contributed by atoms with Crippen molar-refractivity contribution in [3.8, 4) is 0 Å². The summed E-state index contributed by atoms with van der Waals surface area (Å²) in [5, 5.41) is 11.2. The molecule has 4 heteroatoms. The van der Waals surface area contributed by atoms with Crippen LogP contribution in [0.5, 0.6) is 0 Å². The van der Waals surface area contributed by atoms with Crippen LogP contribution in [0.25, 0.3) is 0 Å². The molecule has 2 rings (SSSR count). The molecule has 1 aromatic heterocycles. The lowest BCUT2D eigenvalue weighted by Gasteiger charge is -2.28. The molecule has 0 amide bonds. The quantitative estimate of drug-likeness (QED) is 0.925. The number of nitrogens with zero attached hydrogens (tertiary/aromatic N) is 1. The molecule has 0 radical (unpaired) electrons. The van der Waals surface area contributed by atoms with Crippen molar-refractivity contribution in [3.05, 3.63) is 64.7 Å². The van der Waals surface area contributed by atoms with Crippen LogP contribution >= 0.6 is 11.6 Å². The second kappa shape index (κ2) is 5.68. The van der Waals surface area contributed by atoms with E-state index in [1.807, 2.05) is 6.92 Å². The fraction of sp³-hybridized carbons (Fsp3) is 0.267. The van der Waals surface area contributed by atoms with E-state index < -0.39 is 11.4 Å². The van der Waals surface area contributed by atoms with Gasteiger partial charge in [0.05, 0.1) is 10.6 Å². The molecule has 0 aliphatic heterocycles. The molecule has 2 nitrogen and oxygen atoms in total. The molecule has 1 aromatic carbocycles. The molecule has 1 atom stereocenters. The largest absolute Gasteiger partial charge is 0.385 e. The highest BCUT2D eigenvalue weighted by Gasteiger charge is 2.30. The minimum Gasteiger partial charge on any atom is -0.385 e. The van der Waals surface area contributed by atoms with E-state index >= 15 is 0 Å². The third kappa shape index (κ3) is 2.94. The number of hydrogen-bond donors (Lipinski definition) is 1. The van der Waals surface area contributed by atoms with Crippen LogP contribution in [0.4, 0.5) is 4.39 Å². The maximum absolute atomic E-state index is 13.9. The molecular formula is C15H15ClFNO. The Hall–Kier alpha value is -1.45. The van der Waals surface area contributed by atoms with Crippen molar-refractivity contribution in [3.63, 3.8) is 0 Å². The number of pyridine rings is 1. The molecule has 19 heavy (non-hydrogen) atoms. The molecule has 1 unspecified atom stereocenters. The summed E-state index contributed by atoms with van der Waals surface area (Å²) in [4.78, 5) is 3.90. The first-order valence-electron chi connectivity index (χ1n) is 6.12. The number of aliphatic hydroxyl groups is 1. The Morgan fingerprint density at radius 3 is 2.68 bits per heavy atom. The van der Waals surface area contributed by atoms with Crippen LogP contribution in [0.1, 0.15) is 24.5 Å². The normalized spacial score (nSPS) is 14.1. The fourth-order valence-corrected chi connectivity index (χ4v) is 2.30. The highest BCUT2D eigenvalue weighted by atomic mass is 35.5.